The molecule has 0 spiro atoms. The largest absolute Gasteiger partial charge is 0.490 e. The van der Waals surface area contributed by atoms with Gasteiger partial charge in [0, 0.05) is 43.5 Å². The second-order valence-electron chi connectivity index (χ2n) is 8.70. The molecule has 0 unspecified atom stereocenters. The number of amides is 2. The Balaban J connectivity index is 1.34. The van der Waals surface area contributed by atoms with E-state index in [2.05, 4.69) is 15.2 Å². The third kappa shape index (κ3) is 4.28. The molecule has 1 aliphatic carbocycles. The highest BCUT2D eigenvalue weighted by atomic mass is 16.5. The van der Waals surface area contributed by atoms with Crippen LogP contribution in [0.15, 0.2) is 42.7 Å². The lowest BCUT2D eigenvalue weighted by Gasteiger charge is -2.41. The van der Waals surface area contributed by atoms with Crippen LogP contribution in [0.3, 0.4) is 0 Å². The summed E-state index contributed by atoms with van der Waals surface area (Å²) in [5.74, 6) is 1.06. The second kappa shape index (κ2) is 8.67. The predicted octanol–water partition coefficient (Wildman–Crippen LogP) is 2.78. The fourth-order valence-electron chi connectivity index (χ4n) is 4.92. The average molecular weight is 421 g/mol. The first-order chi connectivity index (χ1) is 15.2. The van der Waals surface area contributed by atoms with E-state index in [1.807, 2.05) is 35.2 Å². The molecule has 3 heterocycles. The van der Waals surface area contributed by atoms with Gasteiger partial charge in [0.05, 0.1) is 18.3 Å². The maximum absolute atomic E-state index is 12.9. The summed E-state index contributed by atoms with van der Waals surface area (Å²) in [5.41, 5.74) is 2.63. The van der Waals surface area contributed by atoms with E-state index in [1.165, 1.54) is 0 Å². The van der Waals surface area contributed by atoms with Gasteiger partial charge in [-0.3, -0.25) is 19.5 Å². The van der Waals surface area contributed by atoms with Crippen molar-refractivity contribution < 1.29 is 14.3 Å². The third-order valence-electron chi connectivity index (χ3n) is 6.65. The topological polar surface area (TPSA) is 74.8 Å². The number of ether oxygens (including phenoxy) is 1. The molecule has 162 valence electrons. The van der Waals surface area contributed by atoms with Crippen molar-refractivity contribution in [3.05, 3.63) is 42.7 Å². The minimum atomic E-state index is -0.0596. The maximum Gasteiger partial charge on any atom is 0.238 e. The number of hydrogen-bond acceptors (Lipinski definition) is 5. The van der Waals surface area contributed by atoms with Gasteiger partial charge in [-0.05, 0) is 36.6 Å². The number of carbonyl (C=O) groups is 2. The maximum atomic E-state index is 12.9. The Morgan fingerprint density at radius 1 is 1.13 bits per heavy atom. The first kappa shape index (κ1) is 20.0. The van der Waals surface area contributed by atoms with Gasteiger partial charge in [0.2, 0.25) is 11.8 Å². The fraction of sp³-hybridized carbons (Fsp3) is 0.458. The molecule has 2 amide bonds. The number of aromatic nitrogens is 1. The number of anilines is 1. The van der Waals surface area contributed by atoms with Crippen molar-refractivity contribution in [1.29, 1.82) is 0 Å². The van der Waals surface area contributed by atoms with Crippen LogP contribution in [-0.4, -0.2) is 65.4 Å². The van der Waals surface area contributed by atoms with Gasteiger partial charge in [0.15, 0.2) is 0 Å². The quantitative estimate of drug-likeness (QED) is 0.809. The molecule has 2 aliphatic heterocycles. The van der Waals surface area contributed by atoms with Crippen molar-refractivity contribution in [2.24, 2.45) is 5.92 Å². The lowest BCUT2D eigenvalue weighted by Crippen LogP contribution is -2.58. The average Bonchev–Trinajstić information content (AvgIpc) is 3.35. The van der Waals surface area contributed by atoms with Crippen LogP contribution in [0.25, 0.3) is 11.1 Å². The van der Waals surface area contributed by atoms with E-state index in [-0.39, 0.29) is 23.8 Å². The summed E-state index contributed by atoms with van der Waals surface area (Å²) in [5, 5.41) is 3.02. The van der Waals surface area contributed by atoms with Gasteiger partial charge < -0.3 is 15.0 Å². The monoisotopic (exact) mass is 420 g/mol. The van der Waals surface area contributed by atoms with Gasteiger partial charge in [-0.25, -0.2) is 0 Å². The normalized spacial score (nSPS) is 22.4. The number of pyridine rings is 1. The predicted molar refractivity (Wildman–Crippen MR) is 118 cm³/mol. The van der Waals surface area contributed by atoms with E-state index in [4.69, 9.17) is 4.74 Å². The molecule has 2 aromatic rings. The van der Waals surface area contributed by atoms with Crippen LogP contribution in [0.2, 0.25) is 0 Å². The molecule has 3 aliphatic rings. The zero-order valence-electron chi connectivity index (χ0n) is 17.6. The number of fused-ring (bicyclic) bond motifs is 2. The molecule has 0 bridgehead atoms. The highest BCUT2D eigenvalue weighted by Gasteiger charge is 2.35. The van der Waals surface area contributed by atoms with Crippen molar-refractivity contribution in [1.82, 2.24) is 14.8 Å². The molecule has 2 fully saturated rings. The first-order valence-electron chi connectivity index (χ1n) is 11.2. The van der Waals surface area contributed by atoms with E-state index >= 15 is 0 Å². The lowest BCUT2D eigenvalue weighted by molar-refractivity contribution is -0.139. The molecule has 5 rings (SSSR count). The Kier molecular flexibility index (Phi) is 5.59. The number of rotatable bonds is 2. The molecular weight excluding hydrogens is 392 g/mol. The highest BCUT2D eigenvalue weighted by molar-refractivity contribution is 5.94. The van der Waals surface area contributed by atoms with Crippen molar-refractivity contribution >= 4 is 17.5 Å². The summed E-state index contributed by atoms with van der Waals surface area (Å²) < 4.78 is 6.16. The standard InChI is InChI=1S/C24H28N4O3/c29-23-15-27-10-11-28(24(30)17-4-1-2-5-17)14-20(27)16-31-22-8-7-18(12-21(22)26-23)19-6-3-9-25-13-19/h3,6-9,12-13,17,20H,1-2,4-5,10-11,14-16H2,(H,26,29)/t20-/m0/s1. The Hall–Kier alpha value is -2.93. The second-order valence-corrected chi connectivity index (χ2v) is 8.70. The third-order valence-corrected chi connectivity index (χ3v) is 6.65. The van der Waals surface area contributed by atoms with Gasteiger partial charge >= 0.3 is 0 Å². The van der Waals surface area contributed by atoms with E-state index in [0.29, 0.717) is 44.2 Å². The fourth-order valence-corrected chi connectivity index (χ4v) is 4.92. The number of benzene rings is 1. The summed E-state index contributed by atoms with van der Waals surface area (Å²) in [4.78, 5) is 34.0. The smallest absolute Gasteiger partial charge is 0.238 e. The van der Waals surface area contributed by atoms with E-state index in [9.17, 15) is 9.59 Å². The minimum Gasteiger partial charge on any atom is -0.490 e. The summed E-state index contributed by atoms with van der Waals surface area (Å²) in [7, 11) is 0. The van der Waals surface area contributed by atoms with Crippen LogP contribution < -0.4 is 10.1 Å². The summed E-state index contributed by atoms with van der Waals surface area (Å²) in [6.07, 6.45) is 7.87. The Morgan fingerprint density at radius 2 is 2.00 bits per heavy atom. The first-order valence-corrected chi connectivity index (χ1v) is 11.2. The van der Waals surface area contributed by atoms with Crippen LogP contribution in [0.1, 0.15) is 25.7 Å². The number of nitrogens with zero attached hydrogens (tertiary/aromatic N) is 3. The molecule has 1 aromatic heterocycles. The molecule has 7 heteroatoms. The SMILES string of the molecule is O=C1CN2CCN(C(=O)C3CCCC3)C[C@H]2COc2ccc(-c3cccnc3)cc2N1. The van der Waals surface area contributed by atoms with Crippen molar-refractivity contribution in [3.63, 3.8) is 0 Å². The van der Waals surface area contributed by atoms with Crippen molar-refractivity contribution in [3.8, 4) is 16.9 Å². The molecule has 1 saturated heterocycles. The van der Waals surface area contributed by atoms with Crippen LogP contribution in [0.5, 0.6) is 5.75 Å². The zero-order chi connectivity index (χ0) is 21.2. The Bertz CT molecular complexity index is 959. The molecular formula is C24H28N4O3. The molecule has 1 atom stereocenters. The zero-order valence-corrected chi connectivity index (χ0v) is 17.6. The van der Waals surface area contributed by atoms with Gasteiger partial charge in [0.1, 0.15) is 12.4 Å². The van der Waals surface area contributed by atoms with Gasteiger partial charge in [-0.15, -0.1) is 0 Å². The summed E-state index contributed by atoms with van der Waals surface area (Å²) in [6, 6.07) is 9.70. The molecule has 7 nitrogen and oxygen atoms in total. The summed E-state index contributed by atoms with van der Waals surface area (Å²) in [6.45, 7) is 2.73. The molecule has 1 N–H and O–H groups in total. The van der Waals surface area contributed by atoms with Crippen molar-refractivity contribution in [2.45, 2.75) is 31.7 Å². The van der Waals surface area contributed by atoms with E-state index < -0.39 is 0 Å². The van der Waals surface area contributed by atoms with Gasteiger partial charge in [-0.1, -0.05) is 25.0 Å². The Morgan fingerprint density at radius 3 is 2.81 bits per heavy atom. The van der Waals surface area contributed by atoms with Crippen LogP contribution >= 0.6 is 0 Å². The minimum absolute atomic E-state index is 0.00815. The highest BCUT2D eigenvalue weighted by Crippen LogP contribution is 2.32. The Labute approximate surface area is 182 Å². The molecule has 31 heavy (non-hydrogen) atoms. The number of hydrogen-bond donors (Lipinski definition) is 1. The van der Waals surface area contributed by atoms with Crippen LogP contribution in [0, 0.1) is 5.92 Å². The number of nitrogens with one attached hydrogen (secondary N) is 1. The molecule has 0 radical (unpaired) electrons. The summed E-state index contributed by atoms with van der Waals surface area (Å²) >= 11 is 0. The lowest BCUT2D eigenvalue weighted by atomic mass is 10.0. The number of carbonyl (C=O) groups excluding carboxylic acids is 2. The molecule has 1 saturated carbocycles. The van der Waals surface area contributed by atoms with Gasteiger partial charge in [-0.2, -0.15) is 0 Å². The van der Waals surface area contributed by atoms with E-state index in [1.54, 1.807) is 12.4 Å². The van der Waals surface area contributed by atoms with Gasteiger partial charge in [0.25, 0.3) is 0 Å². The van der Waals surface area contributed by atoms with Crippen molar-refractivity contribution in [2.75, 3.05) is 38.1 Å². The van der Waals surface area contributed by atoms with Crippen LogP contribution in [-0.2, 0) is 9.59 Å². The number of piperazine rings is 1. The molecule has 1 aromatic carbocycles. The van der Waals surface area contributed by atoms with Crippen LogP contribution in [0.4, 0.5) is 5.69 Å². The van der Waals surface area contributed by atoms with E-state index in [0.717, 1.165) is 36.8 Å².